The number of hydrogen-bond acceptors (Lipinski definition) is 5. The topological polar surface area (TPSA) is 79.7 Å². The summed E-state index contributed by atoms with van der Waals surface area (Å²) in [5.41, 5.74) is 2.39. The van der Waals surface area contributed by atoms with Crippen LogP contribution in [0.1, 0.15) is 42.5 Å². The molecule has 1 atom stereocenters. The van der Waals surface area contributed by atoms with Gasteiger partial charge in [-0.3, -0.25) is 14.6 Å². The van der Waals surface area contributed by atoms with E-state index in [0.717, 1.165) is 24.0 Å². The number of hydrogen-bond donors (Lipinski definition) is 1. The fourth-order valence-corrected chi connectivity index (χ4v) is 4.04. The molecule has 1 unspecified atom stereocenters. The normalized spacial score (nSPS) is 15.7. The van der Waals surface area contributed by atoms with Gasteiger partial charge < -0.3 is 14.7 Å². The molecule has 1 aliphatic rings. The summed E-state index contributed by atoms with van der Waals surface area (Å²) >= 11 is 0. The Labute approximate surface area is 205 Å². The van der Waals surface area contributed by atoms with E-state index in [-0.39, 0.29) is 12.1 Å². The molecule has 1 aliphatic heterocycles. The number of aromatic nitrogens is 1. The molecule has 0 saturated carbocycles. The van der Waals surface area contributed by atoms with Crippen LogP contribution in [0.3, 0.4) is 0 Å². The molecule has 6 heteroatoms. The highest BCUT2D eigenvalue weighted by atomic mass is 16.5. The van der Waals surface area contributed by atoms with Gasteiger partial charge in [-0.15, -0.1) is 0 Å². The van der Waals surface area contributed by atoms with Crippen molar-refractivity contribution in [3.63, 3.8) is 0 Å². The van der Waals surface area contributed by atoms with Crippen LogP contribution in [0, 0.1) is 0 Å². The molecule has 35 heavy (non-hydrogen) atoms. The molecule has 2 heterocycles. The molecule has 6 nitrogen and oxygen atoms in total. The van der Waals surface area contributed by atoms with E-state index in [2.05, 4.69) is 11.9 Å². The summed E-state index contributed by atoms with van der Waals surface area (Å²) in [6.07, 6.45) is 8.34. The summed E-state index contributed by atoms with van der Waals surface area (Å²) in [6, 6.07) is 19.6. The molecule has 178 valence electrons. The van der Waals surface area contributed by atoms with E-state index < -0.39 is 23.5 Å². The van der Waals surface area contributed by atoms with Gasteiger partial charge in [-0.2, -0.15) is 0 Å². The Hall–Kier alpha value is -4.19. The van der Waals surface area contributed by atoms with E-state index >= 15 is 0 Å². The molecule has 0 bridgehead atoms. The zero-order valence-corrected chi connectivity index (χ0v) is 19.6. The zero-order valence-electron chi connectivity index (χ0n) is 19.6. The lowest BCUT2D eigenvalue weighted by Crippen LogP contribution is -2.30. The van der Waals surface area contributed by atoms with E-state index in [4.69, 9.17) is 4.74 Å². The number of allylic oxidation sites excluding steroid dienone is 1. The SMILES string of the molecule is CCCCOc1cccc(C2C(C(=O)/C=C/c3ccccc3)=C(O)C(=O)N2Cc2cccnc2)c1. The van der Waals surface area contributed by atoms with E-state index in [1.54, 1.807) is 24.5 Å². The number of aliphatic hydroxyl groups excluding tert-OH is 1. The number of nitrogens with zero attached hydrogens (tertiary/aromatic N) is 2. The number of unbranched alkanes of at least 4 members (excludes halogenated alkanes) is 1. The monoisotopic (exact) mass is 468 g/mol. The molecule has 0 spiro atoms. The van der Waals surface area contributed by atoms with E-state index in [9.17, 15) is 14.7 Å². The van der Waals surface area contributed by atoms with Crippen LogP contribution in [0.15, 0.2) is 96.5 Å². The van der Waals surface area contributed by atoms with Crippen LogP contribution in [-0.4, -0.2) is 33.3 Å². The minimum Gasteiger partial charge on any atom is -0.503 e. The fourth-order valence-electron chi connectivity index (χ4n) is 4.04. The highest BCUT2D eigenvalue weighted by Crippen LogP contribution is 2.40. The molecular formula is C29H28N2O4. The first-order valence-corrected chi connectivity index (χ1v) is 11.7. The predicted molar refractivity (Wildman–Crippen MR) is 135 cm³/mol. The maximum atomic E-state index is 13.3. The standard InChI is InChI=1S/C29H28N2O4/c1-2-3-17-35-24-13-7-12-23(18-24)27-26(25(32)15-14-21-9-5-4-6-10-21)28(33)29(34)31(27)20-22-11-8-16-30-19-22/h4-16,18-19,27,33H,2-3,17,20H2,1H3/b15-14+. The number of aliphatic hydroxyl groups is 1. The van der Waals surface area contributed by atoms with Gasteiger partial charge in [-0.1, -0.05) is 68.0 Å². The summed E-state index contributed by atoms with van der Waals surface area (Å²) in [5, 5.41) is 10.8. The largest absolute Gasteiger partial charge is 0.503 e. The molecule has 1 aromatic heterocycles. The lowest BCUT2D eigenvalue weighted by molar-refractivity contribution is -0.130. The minimum absolute atomic E-state index is 0.0526. The third-order valence-electron chi connectivity index (χ3n) is 5.81. The van der Waals surface area contributed by atoms with Gasteiger partial charge in [0, 0.05) is 18.9 Å². The lowest BCUT2D eigenvalue weighted by Gasteiger charge is -2.27. The summed E-state index contributed by atoms with van der Waals surface area (Å²) in [5.74, 6) is -0.884. The van der Waals surface area contributed by atoms with E-state index in [1.165, 1.54) is 11.0 Å². The second kappa shape index (κ2) is 11.3. The molecule has 3 aromatic rings. The smallest absolute Gasteiger partial charge is 0.290 e. The van der Waals surface area contributed by atoms with Crippen molar-refractivity contribution in [3.8, 4) is 5.75 Å². The van der Waals surface area contributed by atoms with Crippen LogP contribution in [-0.2, 0) is 16.1 Å². The Morgan fingerprint density at radius 3 is 2.69 bits per heavy atom. The van der Waals surface area contributed by atoms with Gasteiger partial charge in [0.25, 0.3) is 5.91 Å². The molecule has 0 radical (unpaired) electrons. The number of ketones is 1. The van der Waals surface area contributed by atoms with Gasteiger partial charge in [-0.25, -0.2) is 0 Å². The van der Waals surface area contributed by atoms with Crippen molar-refractivity contribution < 1.29 is 19.4 Å². The number of carbonyl (C=O) groups excluding carboxylic acids is 2. The van der Waals surface area contributed by atoms with Gasteiger partial charge in [0.05, 0.1) is 18.2 Å². The molecule has 1 N–H and O–H groups in total. The molecule has 0 saturated heterocycles. The van der Waals surface area contributed by atoms with Crippen molar-refractivity contribution in [1.82, 2.24) is 9.88 Å². The van der Waals surface area contributed by atoms with Crippen molar-refractivity contribution in [2.75, 3.05) is 6.61 Å². The Bertz CT molecular complexity index is 1240. The first kappa shape index (κ1) is 24.0. The minimum atomic E-state index is -0.759. The number of amides is 1. The predicted octanol–water partition coefficient (Wildman–Crippen LogP) is 5.44. The van der Waals surface area contributed by atoms with Crippen LogP contribution >= 0.6 is 0 Å². The lowest BCUT2D eigenvalue weighted by atomic mass is 9.95. The molecule has 0 aliphatic carbocycles. The Morgan fingerprint density at radius 1 is 1.11 bits per heavy atom. The maximum absolute atomic E-state index is 13.3. The number of pyridine rings is 1. The van der Waals surface area contributed by atoms with Crippen molar-refractivity contribution in [2.45, 2.75) is 32.4 Å². The zero-order chi connectivity index (χ0) is 24.6. The summed E-state index contributed by atoms with van der Waals surface area (Å²) in [4.78, 5) is 32.1. The molecule has 4 rings (SSSR count). The first-order valence-electron chi connectivity index (χ1n) is 11.7. The first-order chi connectivity index (χ1) is 17.1. The van der Waals surface area contributed by atoms with Gasteiger partial charge in [-0.05, 0) is 47.4 Å². The van der Waals surface area contributed by atoms with E-state index in [0.29, 0.717) is 17.9 Å². The van der Waals surface area contributed by atoms with Crippen LogP contribution in [0.2, 0.25) is 0 Å². The second-order valence-electron chi connectivity index (χ2n) is 8.34. The maximum Gasteiger partial charge on any atom is 0.290 e. The Kier molecular flexibility index (Phi) is 7.73. The Morgan fingerprint density at radius 2 is 1.94 bits per heavy atom. The number of carbonyl (C=O) groups is 2. The van der Waals surface area contributed by atoms with E-state index in [1.807, 2.05) is 60.7 Å². The van der Waals surface area contributed by atoms with Crippen molar-refractivity contribution in [3.05, 3.63) is 113 Å². The van der Waals surface area contributed by atoms with Crippen molar-refractivity contribution >= 4 is 17.8 Å². The fraction of sp³-hybridized carbons (Fsp3) is 0.207. The molecule has 1 amide bonds. The summed E-state index contributed by atoms with van der Waals surface area (Å²) in [6.45, 7) is 2.87. The van der Waals surface area contributed by atoms with Gasteiger partial charge in [0.2, 0.25) is 0 Å². The molecule has 0 fully saturated rings. The summed E-state index contributed by atoms with van der Waals surface area (Å²) < 4.78 is 5.86. The molecular weight excluding hydrogens is 440 g/mol. The van der Waals surface area contributed by atoms with Crippen molar-refractivity contribution in [2.24, 2.45) is 0 Å². The number of ether oxygens (including phenoxy) is 1. The van der Waals surface area contributed by atoms with Gasteiger partial charge in [0.15, 0.2) is 11.5 Å². The van der Waals surface area contributed by atoms with Crippen molar-refractivity contribution in [1.29, 1.82) is 0 Å². The number of benzene rings is 2. The highest BCUT2D eigenvalue weighted by Gasteiger charge is 2.43. The average molecular weight is 469 g/mol. The van der Waals surface area contributed by atoms with Gasteiger partial charge >= 0.3 is 0 Å². The quantitative estimate of drug-likeness (QED) is 0.317. The summed E-state index contributed by atoms with van der Waals surface area (Å²) in [7, 11) is 0. The third-order valence-corrected chi connectivity index (χ3v) is 5.81. The average Bonchev–Trinajstić information content (AvgIpc) is 3.14. The second-order valence-corrected chi connectivity index (χ2v) is 8.34. The van der Waals surface area contributed by atoms with Crippen LogP contribution < -0.4 is 4.74 Å². The third kappa shape index (κ3) is 5.66. The Balaban J connectivity index is 1.70. The van der Waals surface area contributed by atoms with Gasteiger partial charge in [0.1, 0.15) is 5.75 Å². The van der Waals surface area contributed by atoms with Crippen LogP contribution in [0.25, 0.3) is 6.08 Å². The molecule has 2 aromatic carbocycles. The number of rotatable bonds is 10. The highest BCUT2D eigenvalue weighted by molar-refractivity contribution is 6.14. The van der Waals surface area contributed by atoms with Crippen LogP contribution in [0.5, 0.6) is 5.75 Å². The van der Waals surface area contributed by atoms with Crippen LogP contribution in [0.4, 0.5) is 0 Å².